The summed E-state index contributed by atoms with van der Waals surface area (Å²) in [6, 6.07) is 1.55. The highest BCUT2D eigenvalue weighted by molar-refractivity contribution is 5.99. The van der Waals surface area contributed by atoms with Gasteiger partial charge in [0.15, 0.2) is 0 Å². The van der Waals surface area contributed by atoms with Crippen molar-refractivity contribution in [2.75, 3.05) is 46.0 Å². The van der Waals surface area contributed by atoms with Crippen LogP contribution in [0.25, 0.3) is 0 Å². The predicted molar refractivity (Wildman–Crippen MR) is 100 cm³/mol. The fourth-order valence-electron chi connectivity index (χ4n) is 3.32. The molecule has 3 heterocycles. The Hall–Kier alpha value is -2.68. The maximum Gasteiger partial charge on any atom is 0.409 e. The standard InChI is InChI=1S/C19H26N4O5/c1-2-28-19(26)23-5-3-16(4-6-23)21-17(24)14-11-15(13-20-12-14)18(25)22-7-9-27-10-8-22/h11-13,16H,2-10H2,1H3,(H,21,24). The van der Waals surface area contributed by atoms with Crippen LogP contribution in [0.2, 0.25) is 0 Å². The first-order valence-corrected chi connectivity index (χ1v) is 9.63. The van der Waals surface area contributed by atoms with Gasteiger partial charge in [-0.3, -0.25) is 14.6 Å². The molecule has 28 heavy (non-hydrogen) atoms. The molecule has 152 valence electrons. The number of hydrogen-bond acceptors (Lipinski definition) is 6. The molecule has 2 aliphatic rings. The second-order valence-electron chi connectivity index (χ2n) is 6.80. The predicted octanol–water partition coefficient (Wildman–Crippen LogP) is 0.905. The van der Waals surface area contributed by atoms with Crippen LogP contribution in [-0.4, -0.2) is 84.7 Å². The smallest absolute Gasteiger partial charge is 0.409 e. The Balaban J connectivity index is 1.55. The van der Waals surface area contributed by atoms with Crippen molar-refractivity contribution in [1.29, 1.82) is 0 Å². The minimum Gasteiger partial charge on any atom is -0.450 e. The lowest BCUT2D eigenvalue weighted by Gasteiger charge is -2.31. The molecule has 0 aliphatic carbocycles. The van der Waals surface area contributed by atoms with Crippen LogP contribution in [-0.2, 0) is 9.47 Å². The van der Waals surface area contributed by atoms with Gasteiger partial charge in [0.2, 0.25) is 0 Å². The number of hydrogen-bond donors (Lipinski definition) is 1. The second kappa shape index (κ2) is 9.50. The Kier molecular flexibility index (Phi) is 6.80. The van der Waals surface area contributed by atoms with Gasteiger partial charge in [-0.1, -0.05) is 0 Å². The Morgan fingerprint density at radius 3 is 2.46 bits per heavy atom. The Bertz CT molecular complexity index is 712. The number of likely N-dealkylation sites (tertiary alicyclic amines) is 1. The van der Waals surface area contributed by atoms with Crippen LogP contribution in [0.4, 0.5) is 4.79 Å². The lowest BCUT2D eigenvalue weighted by atomic mass is 10.0. The molecular formula is C19H26N4O5. The van der Waals surface area contributed by atoms with E-state index in [4.69, 9.17) is 9.47 Å². The highest BCUT2D eigenvalue weighted by atomic mass is 16.6. The van der Waals surface area contributed by atoms with Gasteiger partial charge in [0, 0.05) is 44.6 Å². The molecule has 3 amide bonds. The average molecular weight is 390 g/mol. The summed E-state index contributed by atoms with van der Waals surface area (Å²) >= 11 is 0. The number of pyridine rings is 1. The minimum absolute atomic E-state index is 0.0308. The van der Waals surface area contributed by atoms with Crippen LogP contribution in [0.3, 0.4) is 0 Å². The first-order chi connectivity index (χ1) is 13.6. The molecule has 0 saturated carbocycles. The Labute approximate surface area is 164 Å². The van der Waals surface area contributed by atoms with E-state index in [-0.39, 0.29) is 23.9 Å². The average Bonchev–Trinajstić information content (AvgIpc) is 2.74. The number of nitrogens with zero attached hydrogens (tertiary/aromatic N) is 3. The SMILES string of the molecule is CCOC(=O)N1CCC(NC(=O)c2cncc(C(=O)N3CCOCC3)c2)CC1. The van der Waals surface area contributed by atoms with E-state index < -0.39 is 0 Å². The van der Waals surface area contributed by atoms with E-state index in [9.17, 15) is 14.4 Å². The van der Waals surface area contributed by atoms with Gasteiger partial charge < -0.3 is 24.6 Å². The molecule has 2 saturated heterocycles. The van der Waals surface area contributed by atoms with Crippen molar-refractivity contribution in [3.63, 3.8) is 0 Å². The van der Waals surface area contributed by atoms with E-state index in [1.807, 2.05) is 0 Å². The maximum atomic E-state index is 12.6. The lowest BCUT2D eigenvalue weighted by molar-refractivity contribution is 0.0302. The molecule has 9 heteroatoms. The third-order valence-electron chi connectivity index (χ3n) is 4.90. The van der Waals surface area contributed by atoms with E-state index >= 15 is 0 Å². The van der Waals surface area contributed by atoms with Gasteiger partial charge in [-0.15, -0.1) is 0 Å². The largest absolute Gasteiger partial charge is 0.450 e. The molecule has 1 aromatic rings. The molecule has 1 N–H and O–H groups in total. The van der Waals surface area contributed by atoms with Gasteiger partial charge in [-0.05, 0) is 25.8 Å². The molecule has 9 nitrogen and oxygen atoms in total. The molecule has 0 unspecified atom stereocenters. The van der Waals surface area contributed by atoms with E-state index in [1.165, 1.54) is 12.4 Å². The van der Waals surface area contributed by atoms with Crippen molar-refractivity contribution < 1.29 is 23.9 Å². The number of aromatic nitrogens is 1. The number of morpholine rings is 1. The summed E-state index contributed by atoms with van der Waals surface area (Å²) < 4.78 is 10.3. The summed E-state index contributed by atoms with van der Waals surface area (Å²) in [4.78, 5) is 44.3. The molecule has 0 bridgehead atoms. The van der Waals surface area contributed by atoms with E-state index in [2.05, 4.69) is 10.3 Å². The zero-order valence-corrected chi connectivity index (χ0v) is 16.1. The van der Waals surface area contributed by atoms with Gasteiger partial charge in [0.05, 0.1) is 30.9 Å². The number of carbonyl (C=O) groups is 3. The first-order valence-electron chi connectivity index (χ1n) is 9.63. The van der Waals surface area contributed by atoms with Crippen LogP contribution in [0.5, 0.6) is 0 Å². The van der Waals surface area contributed by atoms with Gasteiger partial charge in [0.25, 0.3) is 11.8 Å². The summed E-state index contributed by atoms with van der Waals surface area (Å²) in [6.45, 7) is 5.31. The molecule has 2 fully saturated rings. The van der Waals surface area contributed by atoms with Crippen LogP contribution >= 0.6 is 0 Å². The van der Waals surface area contributed by atoms with Gasteiger partial charge in [-0.25, -0.2) is 4.79 Å². The van der Waals surface area contributed by atoms with Crippen LogP contribution in [0.1, 0.15) is 40.5 Å². The van der Waals surface area contributed by atoms with Crippen molar-refractivity contribution in [1.82, 2.24) is 20.1 Å². The van der Waals surface area contributed by atoms with Crippen LogP contribution in [0, 0.1) is 0 Å². The van der Waals surface area contributed by atoms with E-state index in [0.717, 1.165) is 0 Å². The van der Waals surface area contributed by atoms with Crippen molar-refractivity contribution >= 4 is 17.9 Å². The Morgan fingerprint density at radius 1 is 1.11 bits per heavy atom. The van der Waals surface area contributed by atoms with Crippen molar-refractivity contribution in [3.05, 3.63) is 29.6 Å². The minimum atomic E-state index is -0.314. The van der Waals surface area contributed by atoms with E-state index in [1.54, 1.807) is 22.8 Å². The number of piperidine rings is 1. The molecule has 2 aliphatic heterocycles. The monoisotopic (exact) mass is 390 g/mol. The lowest BCUT2D eigenvalue weighted by Crippen LogP contribution is -2.46. The number of ether oxygens (including phenoxy) is 2. The molecule has 1 aromatic heterocycles. The Morgan fingerprint density at radius 2 is 1.79 bits per heavy atom. The highest BCUT2D eigenvalue weighted by Gasteiger charge is 2.25. The van der Waals surface area contributed by atoms with Crippen LogP contribution < -0.4 is 5.32 Å². The molecular weight excluding hydrogens is 364 g/mol. The topological polar surface area (TPSA) is 101 Å². The molecule has 0 spiro atoms. The maximum absolute atomic E-state index is 12.6. The third kappa shape index (κ3) is 4.98. The summed E-state index contributed by atoms with van der Waals surface area (Å²) in [7, 11) is 0. The van der Waals surface area contributed by atoms with Crippen molar-refractivity contribution in [2.24, 2.45) is 0 Å². The number of carbonyl (C=O) groups excluding carboxylic acids is 3. The number of nitrogens with one attached hydrogen (secondary N) is 1. The summed E-state index contributed by atoms with van der Waals surface area (Å²) in [5.41, 5.74) is 0.749. The fraction of sp³-hybridized carbons (Fsp3) is 0.579. The van der Waals surface area contributed by atoms with Gasteiger partial charge in [-0.2, -0.15) is 0 Å². The number of rotatable bonds is 4. The normalized spacial score (nSPS) is 17.9. The van der Waals surface area contributed by atoms with Crippen LogP contribution in [0.15, 0.2) is 18.5 Å². The third-order valence-corrected chi connectivity index (χ3v) is 4.90. The zero-order chi connectivity index (χ0) is 19.9. The summed E-state index contributed by atoms with van der Waals surface area (Å²) in [5.74, 6) is -0.410. The van der Waals surface area contributed by atoms with Gasteiger partial charge in [0.1, 0.15) is 0 Å². The summed E-state index contributed by atoms with van der Waals surface area (Å²) in [5, 5.41) is 2.97. The summed E-state index contributed by atoms with van der Waals surface area (Å²) in [6.07, 6.45) is 3.94. The highest BCUT2D eigenvalue weighted by Crippen LogP contribution is 2.13. The molecule has 0 radical (unpaired) electrons. The van der Waals surface area contributed by atoms with Crippen molar-refractivity contribution in [3.8, 4) is 0 Å². The first kappa shape index (κ1) is 20.1. The quantitative estimate of drug-likeness (QED) is 0.820. The molecule has 3 rings (SSSR count). The second-order valence-corrected chi connectivity index (χ2v) is 6.80. The zero-order valence-electron chi connectivity index (χ0n) is 16.1. The van der Waals surface area contributed by atoms with E-state index in [0.29, 0.717) is 70.0 Å². The van der Waals surface area contributed by atoms with Crippen molar-refractivity contribution in [2.45, 2.75) is 25.8 Å². The molecule has 0 aromatic carbocycles. The number of amides is 3. The fourth-order valence-corrected chi connectivity index (χ4v) is 3.32. The molecule has 0 atom stereocenters. The van der Waals surface area contributed by atoms with Gasteiger partial charge >= 0.3 is 6.09 Å².